The third-order valence-corrected chi connectivity index (χ3v) is 4.94. The van der Waals surface area contributed by atoms with Gasteiger partial charge in [-0.15, -0.1) is 0 Å². The van der Waals surface area contributed by atoms with Crippen molar-refractivity contribution < 1.29 is 0 Å². The van der Waals surface area contributed by atoms with Gasteiger partial charge < -0.3 is 0 Å². The predicted molar refractivity (Wildman–Crippen MR) is 117 cm³/mol. The lowest BCUT2D eigenvalue weighted by Gasteiger charge is -2.13. The Balaban J connectivity index is 0.00000102. The molecule has 0 radical (unpaired) electrons. The monoisotopic (exact) mass is 375 g/mol. The summed E-state index contributed by atoms with van der Waals surface area (Å²) < 4.78 is 2.65. The van der Waals surface area contributed by atoms with E-state index in [4.69, 9.17) is 12.2 Å². The molecule has 0 bridgehead atoms. The second-order valence-electron chi connectivity index (χ2n) is 6.15. The molecule has 4 heteroatoms. The standard InChI is InChI=1S/C21H19N3S.C2H6/c1-3-15-9-6-12-18-17(15)11-7-13-19(18)24-20(22-23-21(24)25)16-10-5-4-8-14(16)2;1-2/h4-13H,3H2,1-2H3,(H,23,25);1-2H3. The molecule has 1 heterocycles. The van der Waals surface area contributed by atoms with Crippen LogP contribution in [0.5, 0.6) is 0 Å². The van der Waals surface area contributed by atoms with Gasteiger partial charge in [0.2, 0.25) is 0 Å². The van der Waals surface area contributed by atoms with Crippen LogP contribution in [0.4, 0.5) is 0 Å². The van der Waals surface area contributed by atoms with Crippen LogP contribution in [0.3, 0.4) is 0 Å². The molecule has 0 unspecified atom stereocenters. The number of fused-ring (bicyclic) bond motifs is 1. The Kier molecular flexibility index (Phi) is 5.87. The molecule has 1 aromatic heterocycles. The van der Waals surface area contributed by atoms with E-state index < -0.39 is 0 Å². The second kappa shape index (κ2) is 8.31. The minimum Gasteiger partial charge on any atom is -0.268 e. The minimum atomic E-state index is 0.604. The first-order chi connectivity index (χ1) is 13.2. The zero-order valence-corrected chi connectivity index (χ0v) is 17.1. The highest BCUT2D eigenvalue weighted by Crippen LogP contribution is 2.30. The van der Waals surface area contributed by atoms with E-state index in [-0.39, 0.29) is 0 Å². The first-order valence-electron chi connectivity index (χ1n) is 9.45. The quantitative estimate of drug-likeness (QED) is 0.407. The Labute approximate surface area is 165 Å². The molecule has 4 aromatic rings. The van der Waals surface area contributed by atoms with Crippen LogP contribution >= 0.6 is 12.2 Å². The maximum atomic E-state index is 5.57. The second-order valence-corrected chi connectivity index (χ2v) is 6.53. The van der Waals surface area contributed by atoms with E-state index in [1.165, 1.54) is 21.9 Å². The minimum absolute atomic E-state index is 0.604. The number of H-pyrrole nitrogens is 1. The van der Waals surface area contributed by atoms with Crippen molar-refractivity contribution in [3.8, 4) is 17.1 Å². The fourth-order valence-electron chi connectivity index (χ4n) is 3.39. The van der Waals surface area contributed by atoms with Crippen LogP contribution in [-0.4, -0.2) is 14.8 Å². The number of aryl methyl sites for hydroxylation is 2. The number of rotatable bonds is 3. The fraction of sp³-hybridized carbons (Fsp3) is 0.217. The van der Waals surface area contributed by atoms with E-state index in [1.807, 2.05) is 30.5 Å². The molecule has 27 heavy (non-hydrogen) atoms. The zero-order chi connectivity index (χ0) is 19.4. The molecular formula is C23H25N3S. The molecule has 0 aliphatic heterocycles. The summed E-state index contributed by atoms with van der Waals surface area (Å²) in [6.45, 7) is 8.28. The normalized spacial score (nSPS) is 10.5. The first kappa shape index (κ1) is 19.1. The first-order valence-corrected chi connectivity index (χ1v) is 9.86. The summed E-state index contributed by atoms with van der Waals surface area (Å²) in [6.07, 6.45) is 1.00. The predicted octanol–water partition coefficient (Wildman–Crippen LogP) is 6.65. The SMILES string of the molecule is CC.CCc1cccc2c(-n3c(-c4ccccc4C)n[nH]c3=S)cccc12. The molecular weight excluding hydrogens is 350 g/mol. The van der Waals surface area contributed by atoms with Crippen molar-refractivity contribution in [2.75, 3.05) is 0 Å². The number of hydrogen-bond donors (Lipinski definition) is 1. The van der Waals surface area contributed by atoms with Crippen molar-refractivity contribution in [1.29, 1.82) is 0 Å². The van der Waals surface area contributed by atoms with Crippen molar-refractivity contribution >= 4 is 23.0 Å². The highest BCUT2D eigenvalue weighted by Gasteiger charge is 2.15. The van der Waals surface area contributed by atoms with Gasteiger partial charge in [-0.25, -0.2) is 0 Å². The Morgan fingerprint density at radius 1 is 0.926 bits per heavy atom. The van der Waals surface area contributed by atoms with E-state index in [9.17, 15) is 0 Å². The van der Waals surface area contributed by atoms with Gasteiger partial charge in [0.1, 0.15) is 0 Å². The van der Waals surface area contributed by atoms with Gasteiger partial charge in [0.25, 0.3) is 0 Å². The number of benzene rings is 3. The third kappa shape index (κ3) is 3.45. The number of nitrogens with zero attached hydrogens (tertiary/aromatic N) is 2. The smallest absolute Gasteiger partial charge is 0.200 e. The van der Waals surface area contributed by atoms with Gasteiger partial charge in [-0.3, -0.25) is 9.67 Å². The van der Waals surface area contributed by atoms with Crippen LogP contribution in [0.2, 0.25) is 0 Å². The molecule has 0 aliphatic rings. The molecule has 4 rings (SSSR count). The maximum Gasteiger partial charge on any atom is 0.200 e. The highest BCUT2D eigenvalue weighted by molar-refractivity contribution is 7.71. The van der Waals surface area contributed by atoms with Crippen molar-refractivity contribution in [1.82, 2.24) is 14.8 Å². The Bertz CT molecular complexity index is 1120. The number of hydrogen-bond acceptors (Lipinski definition) is 2. The summed E-state index contributed by atoms with van der Waals surface area (Å²) in [4.78, 5) is 0. The Morgan fingerprint density at radius 2 is 1.63 bits per heavy atom. The van der Waals surface area contributed by atoms with E-state index in [0.717, 1.165) is 23.5 Å². The summed E-state index contributed by atoms with van der Waals surface area (Å²) in [5.74, 6) is 0.845. The maximum absolute atomic E-state index is 5.57. The Morgan fingerprint density at radius 3 is 2.37 bits per heavy atom. The van der Waals surface area contributed by atoms with Crippen molar-refractivity contribution in [3.63, 3.8) is 0 Å². The van der Waals surface area contributed by atoms with E-state index in [1.54, 1.807) is 0 Å². The summed E-state index contributed by atoms with van der Waals surface area (Å²) >= 11 is 5.57. The van der Waals surface area contributed by atoms with E-state index in [2.05, 4.69) is 72.6 Å². The van der Waals surface area contributed by atoms with E-state index >= 15 is 0 Å². The molecule has 0 saturated carbocycles. The lowest BCUT2D eigenvalue weighted by molar-refractivity contribution is 1.04. The lowest BCUT2D eigenvalue weighted by atomic mass is 10.0. The van der Waals surface area contributed by atoms with Crippen LogP contribution in [0.15, 0.2) is 60.7 Å². The van der Waals surface area contributed by atoms with Gasteiger partial charge in [-0.05, 0) is 48.1 Å². The summed E-state index contributed by atoms with van der Waals surface area (Å²) in [5, 5.41) is 9.94. The summed E-state index contributed by atoms with van der Waals surface area (Å²) in [7, 11) is 0. The summed E-state index contributed by atoms with van der Waals surface area (Å²) in [6, 6.07) is 21.1. The summed E-state index contributed by atoms with van der Waals surface area (Å²) in [5.41, 5.74) is 4.65. The van der Waals surface area contributed by atoms with Gasteiger partial charge in [-0.1, -0.05) is 75.4 Å². The van der Waals surface area contributed by atoms with E-state index in [0.29, 0.717) is 4.77 Å². The topological polar surface area (TPSA) is 33.6 Å². The van der Waals surface area contributed by atoms with Crippen LogP contribution in [0.1, 0.15) is 31.9 Å². The van der Waals surface area contributed by atoms with Gasteiger partial charge in [-0.2, -0.15) is 5.10 Å². The molecule has 0 atom stereocenters. The zero-order valence-electron chi connectivity index (χ0n) is 16.3. The van der Waals surface area contributed by atoms with Crippen LogP contribution in [0, 0.1) is 11.7 Å². The molecule has 3 aromatic carbocycles. The Hall–Kier alpha value is -2.72. The highest BCUT2D eigenvalue weighted by atomic mass is 32.1. The van der Waals surface area contributed by atoms with Crippen molar-refractivity contribution in [2.24, 2.45) is 0 Å². The van der Waals surface area contributed by atoms with Crippen LogP contribution in [0.25, 0.3) is 27.8 Å². The average Bonchev–Trinajstić information content (AvgIpc) is 3.10. The molecule has 0 amide bonds. The molecule has 3 nitrogen and oxygen atoms in total. The molecule has 138 valence electrons. The molecule has 0 aliphatic carbocycles. The molecule has 1 N–H and O–H groups in total. The lowest BCUT2D eigenvalue weighted by Crippen LogP contribution is -2.00. The molecule has 0 fully saturated rings. The largest absolute Gasteiger partial charge is 0.268 e. The van der Waals surface area contributed by atoms with Crippen molar-refractivity contribution in [3.05, 3.63) is 76.6 Å². The van der Waals surface area contributed by atoms with Crippen molar-refractivity contribution in [2.45, 2.75) is 34.1 Å². The third-order valence-electron chi connectivity index (χ3n) is 4.67. The number of nitrogens with one attached hydrogen (secondary N) is 1. The van der Waals surface area contributed by atoms with Gasteiger partial charge in [0, 0.05) is 10.9 Å². The van der Waals surface area contributed by atoms with Crippen LogP contribution in [-0.2, 0) is 6.42 Å². The number of aromatic nitrogens is 3. The number of aromatic amines is 1. The van der Waals surface area contributed by atoms with Crippen LogP contribution < -0.4 is 0 Å². The average molecular weight is 376 g/mol. The van der Waals surface area contributed by atoms with Gasteiger partial charge >= 0.3 is 0 Å². The fourth-order valence-corrected chi connectivity index (χ4v) is 3.62. The van der Waals surface area contributed by atoms with Gasteiger partial charge in [0.05, 0.1) is 5.69 Å². The molecule has 0 saturated heterocycles. The molecule has 0 spiro atoms. The van der Waals surface area contributed by atoms with Gasteiger partial charge in [0.15, 0.2) is 10.6 Å².